The van der Waals surface area contributed by atoms with Gasteiger partial charge in [-0.3, -0.25) is 4.55 Å². The van der Waals surface area contributed by atoms with E-state index in [1.54, 1.807) is 19.2 Å². The van der Waals surface area contributed by atoms with Crippen LogP contribution in [0.3, 0.4) is 0 Å². The van der Waals surface area contributed by atoms with E-state index in [4.69, 9.17) is 8.98 Å². The number of hydrogen-bond acceptors (Lipinski definition) is 3. The number of hydrogen-bond donors (Lipinski definition) is 1. The van der Waals surface area contributed by atoms with E-state index in [9.17, 15) is 8.42 Å². The zero-order valence-electron chi connectivity index (χ0n) is 8.30. The second kappa shape index (κ2) is 5.41. The molecule has 0 aliphatic carbocycles. The Kier molecular flexibility index (Phi) is 4.46. The first-order chi connectivity index (χ1) is 7.04. The second-order valence-electron chi connectivity index (χ2n) is 2.97. The van der Waals surface area contributed by atoms with Gasteiger partial charge in [0.1, 0.15) is 0 Å². The van der Waals surface area contributed by atoms with Crippen LogP contribution in [0, 0.1) is 0 Å². The van der Waals surface area contributed by atoms with E-state index >= 15 is 0 Å². The van der Waals surface area contributed by atoms with Crippen LogP contribution >= 0.6 is 0 Å². The molecule has 6 heteroatoms. The first kappa shape index (κ1) is 12.4. The van der Waals surface area contributed by atoms with Crippen LogP contribution in [0.2, 0.25) is 6.04 Å². The number of benzene rings is 1. The van der Waals surface area contributed by atoms with Crippen LogP contribution in [0.1, 0.15) is 5.56 Å². The molecule has 1 aromatic carbocycles. The molecule has 0 atom stereocenters. The molecule has 1 rings (SSSR count). The molecule has 0 fully saturated rings. The minimum absolute atomic E-state index is 0.0690. The van der Waals surface area contributed by atoms with Crippen molar-refractivity contribution in [2.24, 2.45) is 0 Å². The first-order valence-electron chi connectivity index (χ1n) is 4.36. The molecule has 82 valence electrons. The van der Waals surface area contributed by atoms with E-state index in [1.807, 2.05) is 0 Å². The van der Waals surface area contributed by atoms with E-state index in [0.717, 1.165) is 18.0 Å². The smallest absolute Gasteiger partial charge is 0.294 e. The fourth-order valence-electron chi connectivity index (χ4n) is 1.13. The van der Waals surface area contributed by atoms with Crippen molar-refractivity contribution in [3.05, 3.63) is 29.8 Å². The van der Waals surface area contributed by atoms with E-state index < -0.39 is 10.1 Å². The Morgan fingerprint density at radius 2 is 1.93 bits per heavy atom. The van der Waals surface area contributed by atoms with Crippen LogP contribution in [-0.4, -0.2) is 29.8 Å². The van der Waals surface area contributed by atoms with Gasteiger partial charge in [0.15, 0.2) is 0 Å². The SMILES string of the molecule is CO[Si]CCc1ccc(S(=O)(=O)O)cc1. The lowest BCUT2D eigenvalue weighted by atomic mass is 10.2. The molecular weight excluding hydrogens is 232 g/mol. The maximum Gasteiger partial charge on any atom is 0.294 e. The van der Waals surface area contributed by atoms with Gasteiger partial charge in [-0.2, -0.15) is 8.42 Å². The quantitative estimate of drug-likeness (QED) is 0.479. The summed E-state index contributed by atoms with van der Waals surface area (Å²) in [7, 11) is -1.96. The molecule has 0 aromatic heterocycles. The molecule has 0 aliphatic heterocycles. The minimum atomic E-state index is -4.07. The van der Waals surface area contributed by atoms with Gasteiger partial charge in [0.2, 0.25) is 9.76 Å². The van der Waals surface area contributed by atoms with E-state index in [-0.39, 0.29) is 4.90 Å². The lowest BCUT2D eigenvalue weighted by Gasteiger charge is -2.01. The molecule has 0 aliphatic rings. The van der Waals surface area contributed by atoms with Crippen LogP contribution in [0.5, 0.6) is 0 Å². The summed E-state index contributed by atoms with van der Waals surface area (Å²) >= 11 is 0. The maximum atomic E-state index is 10.7. The second-order valence-corrected chi connectivity index (χ2v) is 5.59. The summed E-state index contributed by atoms with van der Waals surface area (Å²) < 4.78 is 35.2. The Hall–Kier alpha value is -0.693. The highest BCUT2D eigenvalue weighted by molar-refractivity contribution is 7.85. The van der Waals surface area contributed by atoms with Crippen molar-refractivity contribution in [2.75, 3.05) is 7.11 Å². The molecule has 0 spiro atoms. The van der Waals surface area contributed by atoms with E-state index in [0.29, 0.717) is 9.76 Å². The predicted octanol–water partition coefficient (Wildman–Crippen LogP) is 1.16. The Morgan fingerprint density at radius 3 is 2.40 bits per heavy atom. The van der Waals surface area contributed by atoms with Gasteiger partial charge >= 0.3 is 0 Å². The molecule has 0 amide bonds. The molecule has 4 nitrogen and oxygen atoms in total. The van der Waals surface area contributed by atoms with Gasteiger partial charge in [-0.05, 0) is 30.2 Å². The Balaban J connectivity index is 2.65. The minimum Gasteiger partial charge on any atom is -0.421 e. The van der Waals surface area contributed by atoms with Crippen molar-refractivity contribution in [3.8, 4) is 0 Å². The van der Waals surface area contributed by atoms with E-state index in [1.165, 1.54) is 12.1 Å². The van der Waals surface area contributed by atoms with Crippen LogP contribution in [0.25, 0.3) is 0 Å². The first-order valence-corrected chi connectivity index (χ1v) is 6.92. The summed E-state index contributed by atoms with van der Waals surface area (Å²) in [5, 5.41) is 0. The van der Waals surface area contributed by atoms with Crippen molar-refractivity contribution in [2.45, 2.75) is 17.4 Å². The Bertz CT molecular complexity index is 399. The highest BCUT2D eigenvalue weighted by atomic mass is 32.2. The molecule has 15 heavy (non-hydrogen) atoms. The third kappa shape index (κ3) is 4.13. The summed E-state index contributed by atoms with van der Waals surface area (Å²) in [6, 6.07) is 7.12. The standard InChI is InChI=1S/C9H12O4SSi/c1-13-15-7-6-8-2-4-9(5-3-8)14(10,11)12/h2-5H,6-7H2,1H3,(H,10,11,12). The molecular formula is C9H12O4SSi. The molecule has 2 radical (unpaired) electrons. The van der Waals surface area contributed by atoms with Gasteiger partial charge in [-0.25, -0.2) is 0 Å². The molecule has 0 saturated heterocycles. The monoisotopic (exact) mass is 244 g/mol. The van der Waals surface area contributed by atoms with Gasteiger partial charge in [-0.15, -0.1) is 0 Å². The highest BCUT2D eigenvalue weighted by Gasteiger charge is 2.07. The van der Waals surface area contributed by atoms with Gasteiger partial charge in [0.05, 0.1) is 4.90 Å². The summed E-state index contributed by atoms with van der Waals surface area (Å²) in [4.78, 5) is -0.0690. The summed E-state index contributed by atoms with van der Waals surface area (Å²) in [5.41, 5.74) is 1.03. The van der Waals surface area contributed by atoms with Gasteiger partial charge in [0, 0.05) is 7.11 Å². The predicted molar refractivity (Wildman–Crippen MR) is 57.5 cm³/mol. The van der Waals surface area contributed by atoms with Crippen molar-refractivity contribution in [1.82, 2.24) is 0 Å². The van der Waals surface area contributed by atoms with Gasteiger partial charge in [-0.1, -0.05) is 12.1 Å². The van der Waals surface area contributed by atoms with Crippen LogP contribution < -0.4 is 0 Å². The van der Waals surface area contributed by atoms with Gasteiger partial charge < -0.3 is 4.43 Å². The van der Waals surface area contributed by atoms with Crippen LogP contribution in [-0.2, 0) is 21.0 Å². The largest absolute Gasteiger partial charge is 0.421 e. The zero-order chi connectivity index (χ0) is 11.3. The van der Waals surface area contributed by atoms with Crippen molar-refractivity contribution >= 4 is 19.9 Å². The van der Waals surface area contributed by atoms with Crippen molar-refractivity contribution < 1.29 is 17.4 Å². The Morgan fingerprint density at radius 1 is 1.33 bits per heavy atom. The van der Waals surface area contributed by atoms with Crippen molar-refractivity contribution in [3.63, 3.8) is 0 Å². The lowest BCUT2D eigenvalue weighted by Crippen LogP contribution is -1.99. The van der Waals surface area contributed by atoms with Crippen LogP contribution in [0.15, 0.2) is 29.2 Å². The van der Waals surface area contributed by atoms with Gasteiger partial charge in [0.25, 0.3) is 10.1 Å². The summed E-state index contributed by atoms with van der Waals surface area (Å²) in [6.45, 7) is 0. The third-order valence-electron chi connectivity index (χ3n) is 1.88. The fraction of sp³-hybridized carbons (Fsp3) is 0.333. The average Bonchev–Trinajstić information content (AvgIpc) is 2.18. The average molecular weight is 244 g/mol. The fourth-order valence-corrected chi connectivity index (χ4v) is 2.20. The third-order valence-corrected chi connectivity index (χ3v) is 3.49. The zero-order valence-corrected chi connectivity index (χ0v) is 10.1. The number of aryl methyl sites for hydroxylation is 1. The summed E-state index contributed by atoms with van der Waals surface area (Å²) in [6.07, 6.45) is 0.845. The molecule has 0 bridgehead atoms. The molecule has 1 N–H and O–H groups in total. The summed E-state index contributed by atoms with van der Waals surface area (Å²) in [5.74, 6) is 0. The number of rotatable bonds is 5. The van der Waals surface area contributed by atoms with Crippen LogP contribution in [0.4, 0.5) is 0 Å². The normalized spacial score (nSPS) is 11.6. The molecule has 1 aromatic rings. The molecule has 0 saturated carbocycles. The highest BCUT2D eigenvalue weighted by Crippen LogP contribution is 2.11. The molecule has 0 heterocycles. The topological polar surface area (TPSA) is 63.6 Å². The maximum absolute atomic E-state index is 10.7. The Labute approximate surface area is 92.0 Å². The molecule has 0 unspecified atom stereocenters. The van der Waals surface area contributed by atoms with Crippen molar-refractivity contribution in [1.29, 1.82) is 0 Å². The van der Waals surface area contributed by atoms with E-state index in [2.05, 4.69) is 0 Å². The lowest BCUT2D eigenvalue weighted by molar-refractivity contribution is 0.440.